The van der Waals surface area contributed by atoms with E-state index in [1.807, 2.05) is 19.6 Å². The van der Waals surface area contributed by atoms with Crippen molar-refractivity contribution in [3.05, 3.63) is 198 Å². The van der Waals surface area contributed by atoms with E-state index in [0.29, 0.717) is 11.4 Å². The molecule has 0 aliphatic carbocycles. The van der Waals surface area contributed by atoms with Gasteiger partial charge in [-0.05, 0) is 117 Å². The van der Waals surface area contributed by atoms with Gasteiger partial charge in [0.25, 0.3) is 6.71 Å². The smallest absolute Gasteiger partial charge is 0.257 e. The number of rotatable bonds is 7. The number of benzene rings is 8. The minimum atomic E-state index is -3.05. The normalized spacial score (nSPS) is 17.0. The van der Waals surface area contributed by atoms with Crippen LogP contribution in [0, 0.1) is 11.3 Å². The van der Waals surface area contributed by atoms with Crippen LogP contribution in [0.4, 0.5) is 51.2 Å². The van der Waals surface area contributed by atoms with E-state index in [1.165, 1.54) is 4.90 Å². The molecule has 2 aliphatic heterocycles. The lowest BCUT2D eigenvalue weighted by molar-refractivity contribution is 0.431. The van der Waals surface area contributed by atoms with Gasteiger partial charge in [-0.1, -0.05) is 190 Å². The van der Waals surface area contributed by atoms with Crippen LogP contribution in [0.15, 0.2) is 180 Å². The third-order valence-corrected chi connectivity index (χ3v) is 14.9. The molecule has 11 rings (SSSR count). The van der Waals surface area contributed by atoms with Crippen molar-refractivity contribution in [1.82, 2.24) is 0 Å². The molecule has 0 radical (unpaired) electrons. The maximum absolute atomic E-state index is 11.5. The van der Waals surface area contributed by atoms with Crippen LogP contribution >= 0.6 is 0 Å². The summed E-state index contributed by atoms with van der Waals surface area (Å²) in [6.45, 7) is 19.3. The molecule has 0 atom stereocenters. The zero-order valence-corrected chi connectivity index (χ0v) is 44.0. The maximum Gasteiger partial charge on any atom is 0.257 e. The molecule has 2 aliphatic rings. The fourth-order valence-corrected chi connectivity index (χ4v) is 10.2. The lowest BCUT2D eigenvalue weighted by atomic mass is 9.33. The highest BCUT2D eigenvalue weighted by Crippen LogP contribution is 2.51. The molecule has 5 nitrogen and oxygen atoms in total. The summed E-state index contributed by atoms with van der Waals surface area (Å²) in [4.78, 5) is 3.92. The van der Waals surface area contributed by atoms with Crippen LogP contribution in [0.3, 0.4) is 0 Å². The molecule has 0 fully saturated rings. The first-order chi connectivity index (χ1) is 42.7. The Bertz CT molecular complexity index is 4680. The Labute approximate surface area is 461 Å². The minimum absolute atomic E-state index is 0.00171. The number of anilines is 9. The van der Waals surface area contributed by atoms with Gasteiger partial charge in [0.1, 0.15) is 11.3 Å². The third kappa shape index (κ3) is 8.27. The molecule has 8 aromatic carbocycles. The molecule has 362 valence electrons. The van der Waals surface area contributed by atoms with E-state index >= 15 is 0 Å². The van der Waals surface area contributed by atoms with Crippen molar-refractivity contribution in [3.8, 4) is 17.2 Å². The van der Waals surface area contributed by atoms with E-state index in [9.17, 15) is 27.2 Å². The first-order valence-electron chi connectivity index (χ1n) is 33.8. The van der Waals surface area contributed by atoms with Crippen molar-refractivity contribution in [1.29, 1.82) is 5.26 Å². The molecule has 0 saturated heterocycles. The second-order valence-electron chi connectivity index (χ2n) is 22.7. The Morgan fingerprint density at radius 3 is 1.73 bits per heavy atom. The third-order valence-electron chi connectivity index (χ3n) is 13.1. The summed E-state index contributed by atoms with van der Waals surface area (Å²) in [5.41, 5.74) is -7.93. The molecule has 0 spiro atoms. The van der Waals surface area contributed by atoms with E-state index in [1.54, 1.807) is 128 Å². The number of hydrogen-bond donors (Lipinski definition) is 0. The fourth-order valence-electron chi connectivity index (χ4n) is 9.30. The van der Waals surface area contributed by atoms with E-state index in [4.69, 9.17) is 8.53 Å². The van der Waals surface area contributed by atoms with Gasteiger partial charge in [-0.3, -0.25) is 0 Å². The second kappa shape index (κ2) is 17.3. The predicted molar refractivity (Wildman–Crippen MR) is 314 cm³/mol. The molecule has 0 N–H and O–H groups in total. The maximum atomic E-state index is 11.5. The quantitative estimate of drug-likeness (QED) is 0.149. The standard InChI is InChI=1S/C66H65BN4OSi/c1-64(2,3)45-28-31-49(32-29-45)70-57-36-44(42-68)53-41-60(66(7,8)9)72-63(53)62(57)67-54-34-30-46(65(4,5)6)37-56(54)71(55-35-33-51(73(10,11)12)40-52(55)43-22-16-13-17-23-43)59-39-50(38-58(70)61(59)67)69(47-24-18-14-19-25-47)48-26-20-15-21-27-48/h13-41H,1-12H3/i13D,16D,17D,22D,23D,28D,29D,30D,31D,32D,33D,34D,35D,36D,37D,38D,39D,40D,41D. The van der Waals surface area contributed by atoms with E-state index in [-0.39, 0.29) is 78.2 Å². The molecule has 0 saturated carbocycles. The van der Waals surface area contributed by atoms with E-state index in [0.717, 1.165) is 4.90 Å². The average molecular weight is 988 g/mol. The van der Waals surface area contributed by atoms with Crippen molar-refractivity contribution in [2.24, 2.45) is 0 Å². The Balaban J connectivity index is 1.55. The topological polar surface area (TPSA) is 46.6 Å². The molecular weight excluding hydrogens is 904 g/mol. The lowest BCUT2D eigenvalue weighted by Gasteiger charge is -2.45. The summed E-state index contributed by atoms with van der Waals surface area (Å²) in [6, 6.07) is 7.49. The SMILES string of the molecule is [2H]c1c([2H])c([2H])c(-c2c([2H])c([Si](C)(C)C)c([2H])c([2H])c2N2c3c([2H])c(C(C)(C)C)c([2H])c([2H])c3B3c4c2c([2H])c(N(c2ccccc2)c2ccccc2)c([2H])c4N(c2c([2H])c([2H])c(C(C)(C)C)c([2H])c2[2H])c2c([2H])c(C#N)c4c([2H])c(C(C)(C)C)oc4c23)c([2H])c1[2H]. The van der Waals surface area contributed by atoms with Crippen molar-refractivity contribution < 1.29 is 30.5 Å². The van der Waals surface area contributed by atoms with Crippen molar-refractivity contribution >= 4 is 98.5 Å². The molecule has 0 bridgehead atoms. The van der Waals surface area contributed by atoms with Crippen LogP contribution in [-0.2, 0) is 16.2 Å². The number of fused-ring (bicyclic) bond motifs is 6. The molecule has 0 unspecified atom stereocenters. The Morgan fingerprint density at radius 1 is 0.562 bits per heavy atom. The fraction of sp³-hybridized carbons (Fsp3) is 0.227. The average Bonchev–Trinajstić information content (AvgIpc) is 0.871. The largest absolute Gasteiger partial charge is 0.461 e. The zero-order chi connectivity index (χ0) is 67.9. The van der Waals surface area contributed by atoms with Gasteiger partial charge >= 0.3 is 0 Å². The van der Waals surface area contributed by atoms with E-state index in [2.05, 4.69) is 6.07 Å². The highest BCUT2D eigenvalue weighted by molar-refractivity contribution is 7.01. The second-order valence-corrected chi connectivity index (χ2v) is 27.7. The van der Waals surface area contributed by atoms with Gasteiger partial charge in [0, 0.05) is 56.2 Å². The summed E-state index contributed by atoms with van der Waals surface area (Å²) in [6.07, 6.45) is 0. The summed E-state index contributed by atoms with van der Waals surface area (Å²) in [5.74, 6) is 0.0250. The number of nitriles is 1. The minimum Gasteiger partial charge on any atom is -0.461 e. The van der Waals surface area contributed by atoms with Gasteiger partial charge in [0.15, 0.2) is 0 Å². The Kier molecular flexibility index (Phi) is 7.23. The van der Waals surface area contributed by atoms with Gasteiger partial charge in [-0.15, -0.1) is 0 Å². The van der Waals surface area contributed by atoms with Crippen LogP contribution < -0.4 is 36.3 Å². The number of nitrogens with zero attached hydrogens (tertiary/aromatic N) is 4. The van der Waals surface area contributed by atoms with Gasteiger partial charge in [-0.2, -0.15) is 5.26 Å². The van der Waals surface area contributed by atoms with Crippen LogP contribution in [0.5, 0.6) is 0 Å². The van der Waals surface area contributed by atoms with Crippen LogP contribution in [-0.4, -0.2) is 14.8 Å². The molecule has 1 aromatic heterocycles. The number of para-hydroxylation sites is 2. The zero-order valence-electron chi connectivity index (χ0n) is 62.0. The number of furan rings is 1. The lowest BCUT2D eigenvalue weighted by Crippen LogP contribution is -2.61. The Hall–Kier alpha value is -7.53. The molecule has 3 heterocycles. The first-order valence-corrected chi connectivity index (χ1v) is 27.8. The summed E-state index contributed by atoms with van der Waals surface area (Å²) in [5, 5.41) is 11.3. The molecular formula is C66H65BN4OSi. The summed E-state index contributed by atoms with van der Waals surface area (Å²) < 4.78 is 198. The molecule has 9 aromatic rings. The molecule has 73 heavy (non-hydrogen) atoms. The summed E-state index contributed by atoms with van der Waals surface area (Å²) >= 11 is 0. The summed E-state index contributed by atoms with van der Waals surface area (Å²) in [7, 11) is -3.05. The Morgan fingerprint density at radius 2 is 1.15 bits per heavy atom. The van der Waals surface area contributed by atoms with Crippen LogP contribution in [0.1, 0.15) is 111 Å². The van der Waals surface area contributed by atoms with E-state index < -0.39 is 174 Å². The van der Waals surface area contributed by atoms with Gasteiger partial charge in [0.2, 0.25) is 0 Å². The number of hydrogen-bond acceptors (Lipinski definition) is 5. The van der Waals surface area contributed by atoms with Gasteiger partial charge in [0.05, 0.1) is 57.1 Å². The van der Waals surface area contributed by atoms with Gasteiger partial charge < -0.3 is 19.1 Å². The monoisotopic (exact) mass is 988 g/mol. The molecule has 7 heteroatoms. The van der Waals surface area contributed by atoms with Gasteiger partial charge in [-0.25, -0.2) is 0 Å². The first kappa shape index (κ1) is 30.5. The van der Waals surface area contributed by atoms with Crippen molar-refractivity contribution in [3.63, 3.8) is 0 Å². The highest BCUT2D eigenvalue weighted by atomic mass is 28.3. The molecule has 0 amide bonds. The van der Waals surface area contributed by atoms with Crippen LogP contribution in [0.25, 0.3) is 22.1 Å². The predicted octanol–water partition coefficient (Wildman–Crippen LogP) is 16.0. The van der Waals surface area contributed by atoms with Crippen LogP contribution in [0.2, 0.25) is 19.6 Å². The highest BCUT2D eigenvalue weighted by Gasteiger charge is 2.47. The van der Waals surface area contributed by atoms with Crippen molar-refractivity contribution in [2.45, 2.75) is 98.2 Å². The van der Waals surface area contributed by atoms with Crippen molar-refractivity contribution in [2.75, 3.05) is 14.7 Å².